The average Bonchev–Trinajstić information content (AvgIpc) is 2.01. The van der Waals surface area contributed by atoms with Crippen LogP contribution in [0.15, 0.2) is 0 Å². The zero-order valence-electron chi connectivity index (χ0n) is 8.83. The van der Waals surface area contributed by atoms with Crippen molar-refractivity contribution in [3.05, 3.63) is 17.1 Å². The Kier molecular flexibility index (Phi) is 2.69. The molecule has 0 aromatic carbocycles. The zero-order chi connectivity index (χ0) is 10.9. The average molecular weight is 194 g/mol. The summed E-state index contributed by atoms with van der Waals surface area (Å²) in [6.45, 7) is 3.53. The molecule has 0 saturated heterocycles. The Morgan fingerprint density at radius 3 is 2.29 bits per heavy atom. The molecule has 1 amide bonds. The second kappa shape index (κ2) is 3.61. The lowest BCUT2D eigenvalue weighted by Crippen LogP contribution is -2.22. The maximum absolute atomic E-state index is 11.2. The van der Waals surface area contributed by atoms with Gasteiger partial charge in [-0.05, 0) is 13.8 Å². The monoisotopic (exact) mass is 194 g/mol. The Morgan fingerprint density at radius 1 is 1.29 bits per heavy atom. The first-order valence-electron chi connectivity index (χ1n) is 4.26. The normalized spacial score (nSPS) is 10.0. The van der Waals surface area contributed by atoms with Crippen molar-refractivity contribution in [2.24, 2.45) is 5.73 Å². The number of primary amides is 1. The number of nitrogens with zero attached hydrogens (tertiary/aromatic N) is 3. The summed E-state index contributed by atoms with van der Waals surface area (Å²) in [5, 5.41) is 0. The number of amides is 1. The van der Waals surface area contributed by atoms with Crippen LogP contribution in [-0.2, 0) is 0 Å². The number of nitrogens with two attached hydrogens (primary N) is 1. The minimum Gasteiger partial charge on any atom is -0.365 e. The maximum atomic E-state index is 11.2. The minimum absolute atomic E-state index is 0.389. The minimum atomic E-state index is -0.494. The van der Waals surface area contributed by atoms with Crippen LogP contribution in [0.3, 0.4) is 0 Å². The van der Waals surface area contributed by atoms with Gasteiger partial charge in [0.15, 0.2) is 0 Å². The highest BCUT2D eigenvalue weighted by molar-refractivity contribution is 5.98. The molecule has 0 bridgehead atoms. The van der Waals surface area contributed by atoms with Crippen molar-refractivity contribution in [3.63, 3.8) is 0 Å². The molecule has 0 aliphatic heterocycles. The molecule has 5 nitrogen and oxygen atoms in total. The summed E-state index contributed by atoms with van der Waals surface area (Å²) in [4.78, 5) is 21.2. The van der Waals surface area contributed by atoms with Gasteiger partial charge >= 0.3 is 0 Å². The highest BCUT2D eigenvalue weighted by atomic mass is 16.1. The van der Waals surface area contributed by atoms with Gasteiger partial charge in [-0.15, -0.1) is 0 Å². The first-order valence-corrected chi connectivity index (χ1v) is 4.26. The number of aromatic nitrogens is 2. The Bertz CT molecular complexity index is 373. The molecule has 1 heterocycles. The highest BCUT2D eigenvalue weighted by Gasteiger charge is 2.16. The number of anilines is 1. The van der Waals surface area contributed by atoms with E-state index in [-0.39, 0.29) is 0 Å². The van der Waals surface area contributed by atoms with E-state index in [9.17, 15) is 4.79 Å². The van der Waals surface area contributed by atoms with E-state index in [1.165, 1.54) is 0 Å². The van der Waals surface area contributed by atoms with Gasteiger partial charge in [0, 0.05) is 14.1 Å². The van der Waals surface area contributed by atoms with Gasteiger partial charge in [0.25, 0.3) is 5.91 Å². The van der Waals surface area contributed by atoms with Crippen LogP contribution < -0.4 is 10.6 Å². The van der Waals surface area contributed by atoms with Crippen molar-refractivity contribution in [2.45, 2.75) is 13.8 Å². The van der Waals surface area contributed by atoms with Crippen molar-refractivity contribution in [2.75, 3.05) is 19.0 Å². The fourth-order valence-corrected chi connectivity index (χ4v) is 1.31. The van der Waals surface area contributed by atoms with E-state index in [4.69, 9.17) is 5.73 Å². The third-order valence-electron chi connectivity index (χ3n) is 1.85. The van der Waals surface area contributed by atoms with Gasteiger partial charge in [-0.2, -0.15) is 0 Å². The Balaban J connectivity index is 3.44. The third kappa shape index (κ3) is 1.81. The van der Waals surface area contributed by atoms with Crippen molar-refractivity contribution in [1.29, 1.82) is 0 Å². The Labute approximate surface area is 83.0 Å². The van der Waals surface area contributed by atoms with E-state index in [1.807, 2.05) is 14.1 Å². The molecule has 0 radical (unpaired) electrons. The topological polar surface area (TPSA) is 72.1 Å². The first-order chi connectivity index (χ1) is 6.43. The van der Waals surface area contributed by atoms with E-state index < -0.39 is 5.91 Å². The lowest BCUT2D eigenvalue weighted by Gasteiger charge is -2.16. The number of hydrogen-bond donors (Lipinski definition) is 1. The lowest BCUT2D eigenvalue weighted by molar-refractivity contribution is 0.0999. The van der Waals surface area contributed by atoms with Crippen molar-refractivity contribution >= 4 is 11.7 Å². The quantitative estimate of drug-likeness (QED) is 0.733. The standard InChI is InChI=1S/C9H14N4O/c1-5-7(8(10)14)9(13(3)4)12-6(2)11-5/h1-4H3,(H2,10,14). The zero-order valence-corrected chi connectivity index (χ0v) is 8.83. The Hall–Kier alpha value is -1.65. The predicted octanol–water partition coefficient (Wildman–Crippen LogP) is 0.258. The predicted molar refractivity (Wildman–Crippen MR) is 54.4 cm³/mol. The van der Waals surface area contributed by atoms with Crippen molar-refractivity contribution in [3.8, 4) is 0 Å². The molecule has 14 heavy (non-hydrogen) atoms. The summed E-state index contributed by atoms with van der Waals surface area (Å²) in [5.74, 6) is 0.713. The summed E-state index contributed by atoms with van der Waals surface area (Å²) in [5.41, 5.74) is 6.27. The van der Waals surface area contributed by atoms with Crippen molar-refractivity contribution < 1.29 is 4.79 Å². The molecule has 1 aromatic heterocycles. The molecule has 0 unspecified atom stereocenters. The number of aryl methyl sites for hydroxylation is 2. The van der Waals surface area contributed by atoms with Gasteiger partial charge in [-0.25, -0.2) is 9.97 Å². The summed E-state index contributed by atoms with van der Waals surface area (Å²) >= 11 is 0. The molecule has 0 fully saturated rings. The Morgan fingerprint density at radius 2 is 1.86 bits per heavy atom. The summed E-state index contributed by atoms with van der Waals surface area (Å²) in [6, 6.07) is 0. The molecule has 0 atom stereocenters. The number of carbonyl (C=O) groups excluding carboxylic acids is 1. The highest BCUT2D eigenvalue weighted by Crippen LogP contribution is 2.17. The molecule has 2 N–H and O–H groups in total. The lowest BCUT2D eigenvalue weighted by atomic mass is 10.2. The van der Waals surface area contributed by atoms with Crippen molar-refractivity contribution in [1.82, 2.24) is 9.97 Å². The molecule has 0 aliphatic carbocycles. The molecule has 0 aliphatic rings. The fraction of sp³-hybridized carbons (Fsp3) is 0.444. The van der Waals surface area contributed by atoms with E-state index in [1.54, 1.807) is 18.7 Å². The first kappa shape index (κ1) is 10.4. The molecule has 1 aromatic rings. The molecular formula is C9H14N4O. The van der Waals surface area contributed by atoms with Gasteiger partial charge in [0.2, 0.25) is 0 Å². The van der Waals surface area contributed by atoms with Gasteiger partial charge < -0.3 is 10.6 Å². The summed E-state index contributed by atoms with van der Waals surface area (Å²) in [7, 11) is 3.63. The number of rotatable bonds is 2. The van der Waals surface area contributed by atoms with Crippen LogP contribution >= 0.6 is 0 Å². The smallest absolute Gasteiger partial charge is 0.254 e. The number of carbonyl (C=O) groups is 1. The molecular weight excluding hydrogens is 180 g/mol. The van der Waals surface area contributed by atoms with Crippen LogP contribution in [0, 0.1) is 13.8 Å². The van der Waals surface area contributed by atoms with E-state index in [2.05, 4.69) is 9.97 Å². The van der Waals surface area contributed by atoms with Crippen LogP contribution in [0.5, 0.6) is 0 Å². The van der Waals surface area contributed by atoms with E-state index in [0.717, 1.165) is 0 Å². The van der Waals surface area contributed by atoms with Crippen LogP contribution in [-0.4, -0.2) is 30.0 Å². The van der Waals surface area contributed by atoms with E-state index in [0.29, 0.717) is 22.9 Å². The van der Waals surface area contributed by atoms with Gasteiger partial charge in [-0.3, -0.25) is 4.79 Å². The van der Waals surface area contributed by atoms with Crippen LogP contribution in [0.1, 0.15) is 21.9 Å². The number of hydrogen-bond acceptors (Lipinski definition) is 4. The van der Waals surface area contributed by atoms with Gasteiger partial charge in [-0.1, -0.05) is 0 Å². The van der Waals surface area contributed by atoms with Gasteiger partial charge in [0.1, 0.15) is 17.2 Å². The summed E-state index contributed by atoms with van der Waals surface area (Å²) < 4.78 is 0. The fourth-order valence-electron chi connectivity index (χ4n) is 1.31. The summed E-state index contributed by atoms with van der Waals surface area (Å²) in [6.07, 6.45) is 0. The van der Waals surface area contributed by atoms with E-state index >= 15 is 0 Å². The molecule has 0 saturated carbocycles. The molecule has 1 rings (SSSR count). The largest absolute Gasteiger partial charge is 0.365 e. The third-order valence-corrected chi connectivity index (χ3v) is 1.85. The maximum Gasteiger partial charge on any atom is 0.254 e. The van der Waals surface area contributed by atoms with Crippen LogP contribution in [0.4, 0.5) is 5.82 Å². The van der Waals surface area contributed by atoms with Gasteiger partial charge in [0.05, 0.1) is 5.69 Å². The van der Waals surface area contributed by atoms with Crippen LogP contribution in [0.2, 0.25) is 0 Å². The second-order valence-corrected chi connectivity index (χ2v) is 3.31. The second-order valence-electron chi connectivity index (χ2n) is 3.31. The van der Waals surface area contributed by atoms with Crippen LogP contribution in [0.25, 0.3) is 0 Å². The SMILES string of the molecule is Cc1nc(C)c(C(N)=O)c(N(C)C)n1. The molecule has 76 valence electrons. The molecule has 0 spiro atoms. The molecule has 5 heteroatoms.